The standard InChI is InChI=1S/C11H20N2O/c1-8(9-3-4-9)13(2)10(14)11(7-12)5-6-11/h8-9H,3-7,12H2,1-2H3. The van der Waals surface area contributed by atoms with Gasteiger partial charge < -0.3 is 10.6 Å². The first-order valence-electron chi connectivity index (χ1n) is 5.58. The first kappa shape index (κ1) is 9.97. The molecule has 0 spiro atoms. The maximum absolute atomic E-state index is 12.1. The van der Waals surface area contributed by atoms with Gasteiger partial charge in [-0.25, -0.2) is 0 Å². The van der Waals surface area contributed by atoms with Crippen LogP contribution in [0.25, 0.3) is 0 Å². The molecule has 0 aliphatic heterocycles. The van der Waals surface area contributed by atoms with Crippen LogP contribution in [0.5, 0.6) is 0 Å². The zero-order chi connectivity index (χ0) is 10.3. The van der Waals surface area contributed by atoms with E-state index in [0.717, 1.165) is 18.8 Å². The first-order valence-corrected chi connectivity index (χ1v) is 5.58. The van der Waals surface area contributed by atoms with Crippen molar-refractivity contribution in [3.63, 3.8) is 0 Å². The summed E-state index contributed by atoms with van der Waals surface area (Å²) in [5.74, 6) is 1.02. The maximum Gasteiger partial charge on any atom is 0.230 e. The number of nitrogens with two attached hydrogens (primary N) is 1. The molecule has 2 aliphatic rings. The van der Waals surface area contributed by atoms with Gasteiger partial charge in [0.2, 0.25) is 5.91 Å². The lowest BCUT2D eigenvalue weighted by Crippen LogP contribution is -2.43. The molecule has 0 aromatic carbocycles. The number of nitrogens with zero attached hydrogens (tertiary/aromatic N) is 1. The van der Waals surface area contributed by atoms with E-state index in [2.05, 4.69) is 6.92 Å². The lowest BCUT2D eigenvalue weighted by Gasteiger charge is -2.28. The Morgan fingerprint density at radius 1 is 1.57 bits per heavy atom. The van der Waals surface area contributed by atoms with Crippen molar-refractivity contribution in [3.8, 4) is 0 Å². The van der Waals surface area contributed by atoms with Gasteiger partial charge in [0.15, 0.2) is 0 Å². The Hall–Kier alpha value is -0.570. The molecule has 3 heteroatoms. The highest BCUT2D eigenvalue weighted by molar-refractivity contribution is 5.85. The van der Waals surface area contributed by atoms with E-state index in [0.29, 0.717) is 12.6 Å². The van der Waals surface area contributed by atoms with Crippen LogP contribution in [0.1, 0.15) is 32.6 Å². The van der Waals surface area contributed by atoms with Crippen molar-refractivity contribution in [2.75, 3.05) is 13.6 Å². The number of rotatable bonds is 4. The van der Waals surface area contributed by atoms with Crippen molar-refractivity contribution >= 4 is 5.91 Å². The van der Waals surface area contributed by atoms with Crippen molar-refractivity contribution in [1.82, 2.24) is 4.90 Å². The van der Waals surface area contributed by atoms with E-state index in [-0.39, 0.29) is 11.3 Å². The molecule has 2 aliphatic carbocycles. The van der Waals surface area contributed by atoms with Gasteiger partial charge in [0.1, 0.15) is 0 Å². The van der Waals surface area contributed by atoms with E-state index in [4.69, 9.17) is 5.73 Å². The summed E-state index contributed by atoms with van der Waals surface area (Å²) in [6, 6.07) is 0.409. The third-order valence-electron chi connectivity index (χ3n) is 3.93. The van der Waals surface area contributed by atoms with Crippen molar-refractivity contribution in [1.29, 1.82) is 0 Å². The lowest BCUT2D eigenvalue weighted by molar-refractivity contribution is -0.137. The van der Waals surface area contributed by atoms with E-state index in [1.165, 1.54) is 12.8 Å². The monoisotopic (exact) mass is 196 g/mol. The predicted molar refractivity (Wildman–Crippen MR) is 55.7 cm³/mol. The second-order valence-corrected chi connectivity index (χ2v) is 4.98. The molecule has 1 atom stereocenters. The zero-order valence-electron chi connectivity index (χ0n) is 9.12. The molecule has 0 saturated heterocycles. The highest BCUT2D eigenvalue weighted by Gasteiger charge is 2.51. The van der Waals surface area contributed by atoms with Crippen molar-refractivity contribution in [2.45, 2.75) is 38.6 Å². The Balaban J connectivity index is 1.96. The van der Waals surface area contributed by atoms with Crippen LogP contribution >= 0.6 is 0 Å². The van der Waals surface area contributed by atoms with Crippen LogP contribution in [-0.4, -0.2) is 30.4 Å². The average molecular weight is 196 g/mol. The minimum atomic E-state index is -0.169. The topological polar surface area (TPSA) is 46.3 Å². The normalized spacial score (nSPS) is 25.6. The van der Waals surface area contributed by atoms with Gasteiger partial charge in [0, 0.05) is 19.6 Å². The molecule has 2 saturated carbocycles. The number of hydrogen-bond acceptors (Lipinski definition) is 2. The first-order chi connectivity index (χ1) is 6.60. The van der Waals surface area contributed by atoms with Gasteiger partial charge in [0.25, 0.3) is 0 Å². The van der Waals surface area contributed by atoms with Gasteiger partial charge in [0.05, 0.1) is 5.41 Å². The van der Waals surface area contributed by atoms with Crippen LogP contribution in [0, 0.1) is 11.3 Å². The second kappa shape index (κ2) is 3.23. The number of amides is 1. The fourth-order valence-corrected chi connectivity index (χ4v) is 2.11. The van der Waals surface area contributed by atoms with Crippen LogP contribution in [0.15, 0.2) is 0 Å². The fourth-order valence-electron chi connectivity index (χ4n) is 2.11. The minimum Gasteiger partial charge on any atom is -0.342 e. The van der Waals surface area contributed by atoms with Gasteiger partial charge in [-0.1, -0.05) is 0 Å². The Labute approximate surface area is 85.6 Å². The van der Waals surface area contributed by atoms with E-state index >= 15 is 0 Å². The van der Waals surface area contributed by atoms with Gasteiger partial charge >= 0.3 is 0 Å². The van der Waals surface area contributed by atoms with Gasteiger partial charge in [-0.15, -0.1) is 0 Å². The highest BCUT2D eigenvalue weighted by atomic mass is 16.2. The Kier molecular flexibility index (Phi) is 2.30. The summed E-state index contributed by atoms with van der Waals surface area (Å²) < 4.78 is 0. The third kappa shape index (κ3) is 1.54. The van der Waals surface area contributed by atoms with Crippen LogP contribution < -0.4 is 5.73 Å². The summed E-state index contributed by atoms with van der Waals surface area (Å²) in [6.07, 6.45) is 4.55. The summed E-state index contributed by atoms with van der Waals surface area (Å²) in [5, 5.41) is 0. The summed E-state index contributed by atoms with van der Waals surface area (Å²) in [4.78, 5) is 14.0. The zero-order valence-corrected chi connectivity index (χ0v) is 9.12. The molecule has 0 radical (unpaired) electrons. The molecule has 80 valence electrons. The Morgan fingerprint density at radius 3 is 2.50 bits per heavy atom. The van der Waals surface area contributed by atoms with E-state index in [9.17, 15) is 4.79 Å². The number of carbonyl (C=O) groups is 1. The number of hydrogen-bond donors (Lipinski definition) is 1. The molecule has 2 fully saturated rings. The molecule has 3 nitrogen and oxygen atoms in total. The quantitative estimate of drug-likeness (QED) is 0.728. The average Bonchev–Trinajstić information content (AvgIpc) is 3.06. The van der Waals surface area contributed by atoms with Crippen molar-refractivity contribution < 1.29 is 4.79 Å². The largest absolute Gasteiger partial charge is 0.342 e. The summed E-state index contributed by atoms with van der Waals surface area (Å²) >= 11 is 0. The summed E-state index contributed by atoms with van der Waals surface area (Å²) in [7, 11) is 1.93. The Bertz CT molecular complexity index is 244. The molecule has 0 bridgehead atoms. The van der Waals surface area contributed by atoms with Gasteiger partial charge in [-0.3, -0.25) is 4.79 Å². The molecule has 2 N–H and O–H groups in total. The fraction of sp³-hybridized carbons (Fsp3) is 0.909. The minimum absolute atomic E-state index is 0.169. The Morgan fingerprint density at radius 2 is 2.14 bits per heavy atom. The second-order valence-electron chi connectivity index (χ2n) is 4.98. The SMILES string of the molecule is CC(C1CC1)N(C)C(=O)C1(CN)CC1. The molecule has 1 amide bonds. The molecular weight excluding hydrogens is 176 g/mol. The molecule has 0 heterocycles. The third-order valence-corrected chi connectivity index (χ3v) is 3.93. The van der Waals surface area contributed by atoms with Crippen LogP contribution in [-0.2, 0) is 4.79 Å². The number of carbonyl (C=O) groups excluding carboxylic acids is 1. The van der Waals surface area contributed by atoms with E-state index in [1.54, 1.807) is 0 Å². The molecule has 14 heavy (non-hydrogen) atoms. The molecular formula is C11H20N2O. The molecule has 1 unspecified atom stereocenters. The van der Waals surface area contributed by atoms with Crippen LogP contribution in [0.3, 0.4) is 0 Å². The van der Waals surface area contributed by atoms with Crippen LogP contribution in [0.2, 0.25) is 0 Å². The summed E-state index contributed by atoms with van der Waals surface area (Å²) in [5.41, 5.74) is 5.48. The smallest absolute Gasteiger partial charge is 0.230 e. The predicted octanol–water partition coefficient (Wildman–Crippen LogP) is 0.982. The summed E-state index contributed by atoms with van der Waals surface area (Å²) in [6.45, 7) is 2.68. The van der Waals surface area contributed by atoms with E-state index in [1.807, 2.05) is 11.9 Å². The van der Waals surface area contributed by atoms with E-state index < -0.39 is 0 Å². The van der Waals surface area contributed by atoms with Crippen molar-refractivity contribution in [3.05, 3.63) is 0 Å². The molecule has 0 aromatic rings. The lowest BCUT2D eigenvalue weighted by atomic mass is 10.0. The molecule has 2 rings (SSSR count). The highest BCUT2D eigenvalue weighted by Crippen LogP contribution is 2.47. The molecule has 0 aromatic heterocycles. The van der Waals surface area contributed by atoms with Gasteiger partial charge in [-0.05, 0) is 38.5 Å². The van der Waals surface area contributed by atoms with Crippen LogP contribution in [0.4, 0.5) is 0 Å². The van der Waals surface area contributed by atoms with Crippen molar-refractivity contribution in [2.24, 2.45) is 17.1 Å². The maximum atomic E-state index is 12.1. The van der Waals surface area contributed by atoms with Gasteiger partial charge in [-0.2, -0.15) is 0 Å².